The van der Waals surface area contributed by atoms with Crippen LogP contribution in [0.3, 0.4) is 0 Å². The Balaban J connectivity index is 1.96. The number of aryl methyl sites for hydroxylation is 1. The van der Waals surface area contributed by atoms with Gasteiger partial charge in [-0.2, -0.15) is 0 Å². The summed E-state index contributed by atoms with van der Waals surface area (Å²) in [5, 5.41) is 3.66. The zero-order chi connectivity index (χ0) is 13.7. The van der Waals surface area contributed by atoms with Gasteiger partial charge in [0.15, 0.2) is 0 Å². The SMILES string of the molecule is COc1ccc(C)cc1C(C)NCC1CC=CCC1. The summed E-state index contributed by atoms with van der Waals surface area (Å²) in [4.78, 5) is 0. The molecule has 0 saturated heterocycles. The number of allylic oxidation sites excluding steroid dienone is 2. The number of hydrogen-bond acceptors (Lipinski definition) is 2. The first-order chi connectivity index (χ1) is 9.20. The van der Waals surface area contributed by atoms with E-state index in [4.69, 9.17) is 4.74 Å². The van der Waals surface area contributed by atoms with Gasteiger partial charge in [0.05, 0.1) is 7.11 Å². The number of nitrogens with one attached hydrogen (secondary N) is 1. The Kier molecular flexibility index (Phi) is 5.03. The van der Waals surface area contributed by atoms with Gasteiger partial charge in [0.1, 0.15) is 5.75 Å². The average Bonchev–Trinajstić information content (AvgIpc) is 2.46. The predicted molar refractivity (Wildman–Crippen MR) is 80.6 cm³/mol. The Morgan fingerprint density at radius 2 is 2.21 bits per heavy atom. The Labute approximate surface area is 116 Å². The van der Waals surface area contributed by atoms with Crippen LogP contribution in [0.4, 0.5) is 0 Å². The molecule has 1 aliphatic carbocycles. The van der Waals surface area contributed by atoms with Crippen LogP contribution in [-0.4, -0.2) is 13.7 Å². The van der Waals surface area contributed by atoms with Gasteiger partial charge in [-0.15, -0.1) is 0 Å². The second kappa shape index (κ2) is 6.76. The Morgan fingerprint density at radius 1 is 1.37 bits per heavy atom. The summed E-state index contributed by atoms with van der Waals surface area (Å²) in [5.74, 6) is 1.76. The van der Waals surface area contributed by atoms with Gasteiger partial charge in [0, 0.05) is 11.6 Å². The molecule has 2 atom stereocenters. The van der Waals surface area contributed by atoms with Crippen LogP contribution in [0.5, 0.6) is 5.75 Å². The molecule has 0 aliphatic heterocycles. The van der Waals surface area contributed by atoms with Crippen LogP contribution in [0.25, 0.3) is 0 Å². The van der Waals surface area contributed by atoms with Gasteiger partial charge in [-0.25, -0.2) is 0 Å². The van der Waals surface area contributed by atoms with Crippen molar-refractivity contribution >= 4 is 0 Å². The van der Waals surface area contributed by atoms with Gasteiger partial charge in [0.2, 0.25) is 0 Å². The van der Waals surface area contributed by atoms with Gasteiger partial charge in [0.25, 0.3) is 0 Å². The summed E-state index contributed by atoms with van der Waals surface area (Å²) >= 11 is 0. The van der Waals surface area contributed by atoms with E-state index in [0.717, 1.165) is 18.2 Å². The zero-order valence-electron chi connectivity index (χ0n) is 12.3. The number of ether oxygens (including phenoxy) is 1. The second-order valence-corrected chi connectivity index (χ2v) is 5.53. The fourth-order valence-electron chi connectivity index (χ4n) is 2.69. The van der Waals surface area contributed by atoms with Crippen LogP contribution in [0.2, 0.25) is 0 Å². The summed E-state index contributed by atoms with van der Waals surface area (Å²) in [7, 11) is 1.74. The van der Waals surface area contributed by atoms with Crippen molar-refractivity contribution in [2.24, 2.45) is 5.92 Å². The second-order valence-electron chi connectivity index (χ2n) is 5.53. The zero-order valence-corrected chi connectivity index (χ0v) is 12.3. The summed E-state index contributed by atoms with van der Waals surface area (Å²) in [6.07, 6.45) is 8.36. The molecule has 1 N–H and O–H groups in total. The fraction of sp³-hybridized carbons (Fsp3) is 0.529. The molecule has 0 fully saturated rings. The van der Waals surface area contributed by atoms with Crippen molar-refractivity contribution in [2.45, 2.75) is 39.2 Å². The smallest absolute Gasteiger partial charge is 0.123 e. The van der Waals surface area contributed by atoms with Gasteiger partial charge < -0.3 is 10.1 Å². The van der Waals surface area contributed by atoms with Crippen LogP contribution < -0.4 is 10.1 Å². The molecule has 0 saturated carbocycles. The number of hydrogen-bond donors (Lipinski definition) is 1. The van der Waals surface area contributed by atoms with E-state index in [1.54, 1.807) is 7.11 Å². The highest BCUT2D eigenvalue weighted by molar-refractivity contribution is 5.38. The van der Waals surface area contributed by atoms with E-state index >= 15 is 0 Å². The average molecular weight is 259 g/mol. The molecule has 0 heterocycles. The van der Waals surface area contributed by atoms with Crippen molar-refractivity contribution in [3.05, 3.63) is 41.5 Å². The molecule has 0 amide bonds. The van der Waals surface area contributed by atoms with E-state index < -0.39 is 0 Å². The lowest BCUT2D eigenvalue weighted by Gasteiger charge is -2.23. The summed E-state index contributed by atoms with van der Waals surface area (Å²) in [5.41, 5.74) is 2.54. The monoisotopic (exact) mass is 259 g/mol. The number of methoxy groups -OCH3 is 1. The molecule has 19 heavy (non-hydrogen) atoms. The molecule has 2 heteroatoms. The van der Waals surface area contributed by atoms with Crippen molar-refractivity contribution < 1.29 is 4.74 Å². The minimum Gasteiger partial charge on any atom is -0.496 e. The first-order valence-corrected chi connectivity index (χ1v) is 7.23. The lowest BCUT2D eigenvalue weighted by atomic mass is 9.94. The highest BCUT2D eigenvalue weighted by atomic mass is 16.5. The van der Waals surface area contributed by atoms with Crippen molar-refractivity contribution in [3.8, 4) is 5.75 Å². The normalized spacial score (nSPS) is 20.3. The third-order valence-corrected chi connectivity index (χ3v) is 3.94. The number of benzene rings is 1. The lowest BCUT2D eigenvalue weighted by molar-refractivity contribution is 0.387. The largest absolute Gasteiger partial charge is 0.496 e. The molecular weight excluding hydrogens is 234 g/mol. The fourth-order valence-corrected chi connectivity index (χ4v) is 2.69. The topological polar surface area (TPSA) is 21.3 Å². The summed E-state index contributed by atoms with van der Waals surface area (Å²) in [6, 6.07) is 6.71. The molecule has 1 aromatic carbocycles. The first kappa shape index (κ1) is 14.1. The quantitative estimate of drug-likeness (QED) is 0.807. The molecule has 0 spiro atoms. The van der Waals surface area contributed by atoms with Gasteiger partial charge >= 0.3 is 0 Å². The van der Waals surface area contributed by atoms with Gasteiger partial charge in [-0.05, 0) is 51.6 Å². The first-order valence-electron chi connectivity index (χ1n) is 7.23. The van der Waals surface area contributed by atoms with E-state index in [9.17, 15) is 0 Å². The van der Waals surface area contributed by atoms with E-state index in [1.807, 2.05) is 0 Å². The number of rotatable bonds is 5. The van der Waals surface area contributed by atoms with Crippen molar-refractivity contribution in [2.75, 3.05) is 13.7 Å². The van der Waals surface area contributed by atoms with Crippen molar-refractivity contribution in [1.82, 2.24) is 5.32 Å². The third kappa shape index (κ3) is 3.84. The molecule has 2 unspecified atom stereocenters. The minimum absolute atomic E-state index is 0.334. The van der Waals surface area contributed by atoms with E-state index in [0.29, 0.717) is 6.04 Å². The van der Waals surface area contributed by atoms with Crippen LogP contribution >= 0.6 is 0 Å². The Morgan fingerprint density at radius 3 is 2.89 bits per heavy atom. The highest BCUT2D eigenvalue weighted by Gasteiger charge is 2.14. The molecule has 1 aliphatic rings. The van der Waals surface area contributed by atoms with Gasteiger partial charge in [-0.1, -0.05) is 29.8 Å². The van der Waals surface area contributed by atoms with E-state index in [-0.39, 0.29) is 0 Å². The molecule has 104 valence electrons. The summed E-state index contributed by atoms with van der Waals surface area (Å²) in [6.45, 7) is 5.43. The minimum atomic E-state index is 0.334. The summed E-state index contributed by atoms with van der Waals surface area (Å²) < 4.78 is 5.46. The van der Waals surface area contributed by atoms with Crippen molar-refractivity contribution in [1.29, 1.82) is 0 Å². The van der Waals surface area contributed by atoms with Crippen LogP contribution in [0.1, 0.15) is 43.4 Å². The predicted octanol–water partition coefficient (Wildman–Crippen LogP) is 4.01. The molecule has 0 radical (unpaired) electrons. The molecule has 2 nitrogen and oxygen atoms in total. The molecule has 0 bridgehead atoms. The van der Waals surface area contributed by atoms with Crippen LogP contribution in [0.15, 0.2) is 30.4 Å². The maximum Gasteiger partial charge on any atom is 0.123 e. The maximum absolute atomic E-state index is 5.46. The molecule has 1 aromatic rings. The highest BCUT2D eigenvalue weighted by Crippen LogP contribution is 2.26. The molecular formula is C17H25NO. The van der Waals surface area contributed by atoms with E-state index in [2.05, 4.69) is 49.5 Å². The van der Waals surface area contributed by atoms with E-state index in [1.165, 1.54) is 30.4 Å². The van der Waals surface area contributed by atoms with Gasteiger partial charge in [-0.3, -0.25) is 0 Å². The third-order valence-electron chi connectivity index (χ3n) is 3.94. The van der Waals surface area contributed by atoms with Crippen molar-refractivity contribution in [3.63, 3.8) is 0 Å². The Hall–Kier alpha value is -1.28. The standard InChI is InChI=1S/C17H25NO/c1-13-9-10-17(19-3)16(11-13)14(2)18-12-15-7-5-4-6-8-15/h4-5,9-11,14-15,18H,6-8,12H2,1-3H3. The van der Waals surface area contributed by atoms with Crippen LogP contribution in [-0.2, 0) is 0 Å². The molecule has 2 rings (SSSR count). The Bertz CT molecular complexity index is 439. The molecule has 0 aromatic heterocycles. The maximum atomic E-state index is 5.46. The lowest BCUT2D eigenvalue weighted by Crippen LogP contribution is -2.26. The van der Waals surface area contributed by atoms with Crippen LogP contribution in [0, 0.1) is 12.8 Å².